The van der Waals surface area contributed by atoms with Gasteiger partial charge < -0.3 is 9.40 Å². The summed E-state index contributed by atoms with van der Waals surface area (Å²) in [6.07, 6.45) is 4.26. The maximum Gasteiger partial charge on any atom is 0.179 e. The van der Waals surface area contributed by atoms with Crippen molar-refractivity contribution in [3.05, 3.63) is 47.3 Å². The molecule has 0 fully saturated rings. The highest BCUT2D eigenvalue weighted by Gasteiger charge is 2.13. The number of nitrogens with one attached hydrogen (secondary N) is 1. The zero-order valence-electron chi connectivity index (χ0n) is 9.96. The fraction of sp³-hybridized carbons (Fsp3) is 0.231. The van der Waals surface area contributed by atoms with Crippen molar-refractivity contribution in [3.8, 4) is 0 Å². The number of fused-ring (bicyclic) bond motifs is 1. The van der Waals surface area contributed by atoms with Gasteiger partial charge in [-0.15, -0.1) is 0 Å². The quantitative estimate of drug-likeness (QED) is 0.732. The summed E-state index contributed by atoms with van der Waals surface area (Å²) in [6, 6.07) is 7.95. The second kappa shape index (κ2) is 4.42. The first-order chi connectivity index (χ1) is 8.75. The van der Waals surface area contributed by atoms with Gasteiger partial charge >= 0.3 is 0 Å². The van der Waals surface area contributed by atoms with Crippen LogP contribution in [0.4, 0.5) is 0 Å². The van der Waals surface area contributed by atoms with E-state index in [2.05, 4.69) is 16.9 Å². The molecule has 0 amide bonds. The van der Waals surface area contributed by atoms with Gasteiger partial charge in [-0.05, 0) is 43.4 Å². The lowest BCUT2D eigenvalue weighted by atomic mass is 10.2. The van der Waals surface area contributed by atoms with E-state index in [1.54, 1.807) is 12.5 Å². The molecule has 0 aliphatic rings. The summed E-state index contributed by atoms with van der Waals surface area (Å²) in [4.78, 5) is 7.56. The van der Waals surface area contributed by atoms with Crippen molar-refractivity contribution in [2.24, 2.45) is 0 Å². The van der Waals surface area contributed by atoms with Crippen LogP contribution in [-0.4, -0.2) is 14.5 Å². The van der Waals surface area contributed by atoms with E-state index in [0.29, 0.717) is 4.77 Å². The molecule has 0 saturated carbocycles. The minimum Gasteiger partial charge on any atom is -0.469 e. The lowest BCUT2D eigenvalue weighted by molar-refractivity contribution is 0.451. The molecule has 0 bridgehead atoms. The molecule has 4 nitrogen and oxygen atoms in total. The monoisotopic (exact) mass is 259 g/mol. The van der Waals surface area contributed by atoms with Crippen LogP contribution in [0.15, 0.2) is 41.1 Å². The summed E-state index contributed by atoms with van der Waals surface area (Å²) in [7, 11) is 0. The van der Waals surface area contributed by atoms with Crippen molar-refractivity contribution in [1.82, 2.24) is 14.5 Å². The van der Waals surface area contributed by atoms with Gasteiger partial charge in [0, 0.05) is 18.7 Å². The highest BCUT2D eigenvalue weighted by molar-refractivity contribution is 7.71. The number of imidazole rings is 1. The lowest BCUT2D eigenvalue weighted by Crippen LogP contribution is -2.08. The van der Waals surface area contributed by atoms with Crippen molar-refractivity contribution in [3.63, 3.8) is 0 Å². The maximum atomic E-state index is 5.38. The number of hydrogen-bond donors (Lipinski definition) is 1. The van der Waals surface area contributed by atoms with Crippen molar-refractivity contribution in [2.75, 3.05) is 0 Å². The molecule has 1 unspecified atom stereocenters. The Kier molecular flexibility index (Phi) is 2.76. The van der Waals surface area contributed by atoms with Gasteiger partial charge in [-0.2, -0.15) is 0 Å². The Labute approximate surface area is 109 Å². The zero-order valence-corrected chi connectivity index (χ0v) is 10.8. The molecule has 0 radical (unpaired) electrons. The second-order valence-corrected chi connectivity index (χ2v) is 4.69. The van der Waals surface area contributed by atoms with E-state index in [9.17, 15) is 0 Å². The van der Waals surface area contributed by atoms with Crippen molar-refractivity contribution >= 4 is 23.4 Å². The van der Waals surface area contributed by atoms with Gasteiger partial charge in [-0.3, -0.25) is 4.57 Å². The average molecular weight is 259 g/mol. The largest absolute Gasteiger partial charge is 0.469 e. The third-order valence-electron chi connectivity index (χ3n) is 2.99. The number of aromatic nitrogens is 3. The van der Waals surface area contributed by atoms with Crippen molar-refractivity contribution < 1.29 is 4.42 Å². The number of furan rings is 1. The molecule has 3 heterocycles. The standard InChI is InChI=1S/C13H13N3OS/c1-9(8-10-4-3-7-17-10)16-12-11(15-13(16)18)5-2-6-14-12/h2-7,9H,8H2,1H3,(H,15,18). The molecule has 3 rings (SSSR count). The van der Waals surface area contributed by atoms with Crippen LogP contribution in [0.25, 0.3) is 11.2 Å². The van der Waals surface area contributed by atoms with Gasteiger partial charge in [0.15, 0.2) is 10.4 Å². The molecule has 0 spiro atoms. The van der Waals surface area contributed by atoms with Crippen LogP contribution in [0, 0.1) is 4.77 Å². The van der Waals surface area contributed by atoms with Crippen molar-refractivity contribution in [2.45, 2.75) is 19.4 Å². The second-order valence-electron chi connectivity index (χ2n) is 4.31. The number of aromatic amines is 1. The van der Waals surface area contributed by atoms with E-state index in [1.807, 2.05) is 28.8 Å². The minimum absolute atomic E-state index is 0.201. The van der Waals surface area contributed by atoms with E-state index >= 15 is 0 Å². The van der Waals surface area contributed by atoms with Gasteiger partial charge in [0.2, 0.25) is 0 Å². The van der Waals surface area contributed by atoms with Crippen molar-refractivity contribution in [1.29, 1.82) is 0 Å². The number of hydrogen-bond acceptors (Lipinski definition) is 3. The average Bonchev–Trinajstić information content (AvgIpc) is 2.94. The highest BCUT2D eigenvalue weighted by Crippen LogP contribution is 2.20. The summed E-state index contributed by atoms with van der Waals surface area (Å²) >= 11 is 5.36. The summed E-state index contributed by atoms with van der Waals surface area (Å²) in [5.74, 6) is 0.953. The van der Waals surface area contributed by atoms with Crippen LogP contribution in [0.5, 0.6) is 0 Å². The van der Waals surface area contributed by atoms with Gasteiger partial charge in [0.25, 0.3) is 0 Å². The third kappa shape index (κ3) is 1.86. The van der Waals surface area contributed by atoms with Crippen LogP contribution in [-0.2, 0) is 6.42 Å². The normalized spacial score (nSPS) is 12.9. The van der Waals surface area contributed by atoms with Gasteiger partial charge in [-0.1, -0.05) is 0 Å². The fourth-order valence-corrected chi connectivity index (χ4v) is 2.55. The topological polar surface area (TPSA) is 46.8 Å². The molecule has 3 aromatic heterocycles. The first-order valence-electron chi connectivity index (χ1n) is 5.83. The first kappa shape index (κ1) is 11.2. The van der Waals surface area contributed by atoms with Crippen LogP contribution < -0.4 is 0 Å². The van der Waals surface area contributed by atoms with E-state index in [1.165, 1.54) is 0 Å². The number of nitrogens with zero attached hydrogens (tertiary/aromatic N) is 2. The summed E-state index contributed by atoms with van der Waals surface area (Å²) < 4.78 is 8.11. The molecule has 18 heavy (non-hydrogen) atoms. The molecule has 5 heteroatoms. The van der Waals surface area contributed by atoms with Crippen LogP contribution in [0.2, 0.25) is 0 Å². The van der Waals surface area contributed by atoms with E-state index < -0.39 is 0 Å². The predicted molar refractivity (Wildman–Crippen MR) is 72.0 cm³/mol. The van der Waals surface area contributed by atoms with Gasteiger partial charge in [0.05, 0.1) is 11.8 Å². The molecule has 0 saturated heterocycles. The molecule has 92 valence electrons. The first-order valence-corrected chi connectivity index (χ1v) is 6.24. The Bertz CT molecular complexity index is 711. The number of H-pyrrole nitrogens is 1. The van der Waals surface area contributed by atoms with Crippen LogP contribution in [0.3, 0.4) is 0 Å². The summed E-state index contributed by atoms with van der Waals surface area (Å²) in [6.45, 7) is 2.11. The summed E-state index contributed by atoms with van der Waals surface area (Å²) in [5, 5.41) is 0. The Hall–Kier alpha value is -1.88. The Balaban J connectivity index is 2.03. The van der Waals surface area contributed by atoms with Crippen LogP contribution in [0.1, 0.15) is 18.7 Å². The fourth-order valence-electron chi connectivity index (χ4n) is 2.18. The van der Waals surface area contributed by atoms with Gasteiger partial charge in [0.1, 0.15) is 5.76 Å². The number of pyridine rings is 1. The summed E-state index contributed by atoms with van der Waals surface area (Å²) in [5.41, 5.74) is 1.86. The third-order valence-corrected chi connectivity index (χ3v) is 3.29. The SMILES string of the molecule is CC(Cc1ccco1)n1c(=S)[nH]c2cccnc21. The zero-order chi connectivity index (χ0) is 12.5. The molecule has 0 aliphatic heterocycles. The lowest BCUT2D eigenvalue weighted by Gasteiger charge is -2.12. The van der Waals surface area contributed by atoms with E-state index in [0.717, 1.165) is 23.3 Å². The minimum atomic E-state index is 0.201. The molecule has 1 N–H and O–H groups in total. The Morgan fingerprint density at radius 2 is 2.33 bits per heavy atom. The predicted octanol–water partition coefficient (Wildman–Crippen LogP) is 3.49. The highest BCUT2D eigenvalue weighted by atomic mass is 32.1. The molecule has 1 atom stereocenters. The molecule has 0 aromatic carbocycles. The van der Waals surface area contributed by atoms with Gasteiger partial charge in [-0.25, -0.2) is 4.98 Å². The van der Waals surface area contributed by atoms with E-state index in [-0.39, 0.29) is 6.04 Å². The number of rotatable bonds is 3. The van der Waals surface area contributed by atoms with E-state index in [4.69, 9.17) is 16.6 Å². The molecular formula is C13H13N3OS. The molecule has 3 aromatic rings. The molecular weight excluding hydrogens is 246 g/mol. The van der Waals surface area contributed by atoms with Crippen LogP contribution >= 0.6 is 12.2 Å². The Morgan fingerprint density at radius 1 is 1.44 bits per heavy atom. The Morgan fingerprint density at radius 3 is 3.11 bits per heavy atom. The smallest absolute Gasteiger partial charge is 0.179 e. The maximum absolute atomic E-state index is 5.38. The molecule has 0 aliphatic carbocycles.